The predicted octanol–water partition coefficient (Wildman–Crippen LogP) is 0.896. The van der Waals surface area contributed by atoms with Crippen molar-refractivity contribution >= 4 is 5.91 Å². The Kier molecular flexibility index (Phi) is 4.13. The Labute approximate surface area is 116 Å². The molecule has 0 fully saturated rings. The van der Waals surface area contributed by atoms with Crippen molar-refractivity contribution in [3.8, 4) is 6.07 Å². The van der Waals surface area contributed by atoms with Gasteiger partial charge in [-0.2, -0.15) is 5.26 Å². The lowest BCUT2D eigenvalue weighted by atomic mass is 9.99. The molecule has 0 spiro atoms. The van der Waals surface area contributed by atoms with E-state index in [0.29, 0.717) is 12.4 Å². The largest absolute Gasteiger partial charge is 0.318 e. The number of benzene rings is 1. The molecule has 102 valence electrons. The van der Waals surface area contributed by atoms with Crippen molar-refractivity contribution in [3.63, 3.8) is 0 Å². The standard InChI is InChI=1S/C14H15N5O/c1-10(14(20)18-16)12-4-2-11(3-5-12)9-19-7-6-17-13(19)8-15/h2-7,10H,9,16H2,1H3,(H,18,20). The second-order valence-corrected chi connectivity index (χ2v) is 4.46. The fraction of sp³-hybridized carbons (Fsp3) is 0.214. The molecule has 3 N–H and O–H groups in total. The van der Waals surface area contributed by atoms with Crippen LogP contribution in [0.3, 0.4) is 0 Å². The van der Waals surface area contributed by atoms with Crippen LogP contribution in [-0.4, -0.2) is 15.5 Å². The van der Waals surface area contributed by atoms with Crippen LogP contribution in [0, 0.1) is 11.3 Å². The Morgan fingerprint density at radius 3 is 2.80 bits per heavy atom. The van der Waals surface area contributed by atoms with Gasteiger partial charge in [0.2, 0.25) is 11.7 Å². The SMILES string of the molecule is CC(C(=O)NN)c1ccc(Cn2ccnc2C#N)cc1. The molecule has 1 amide bonds. The van der Waals surface area contributed by atoms with Crippen molar-refractivity contribution in [2.75, 3.05) is 0 Å². The molecule has 0 saturated heterocycles. The number of hydrogen-bond donors (Lipinski definition) is 2. The minimum Gasteiger partial charge on any atom is -0.318 e. The molecule has 1 aromatic carbocycles. The van der Waals surface area contributed by atoms with Gasteiger partial charge in [0.15, 0.2) is 0 Å². The first kappa shape index (κ1) is 13.8. The summed E-state index contributed by atoms with van der Waals surface area (Å²) in [5.41, 5.74) is 4.06. The lowest BCUT2D eigenvalue weighted by Crippen LogP contribution is -2.33. The number of rotatable bonds is 4. The van der Waals surface area contributed by atoms with Gasteiger partial charge in [0.25, 0.3) is 0 Å². The maximum atomic E-state index is 11.5. The zero-order chi connectivity index (χ0) is 14.5. The molecule has 2 rings (SSSR count). The number of hydrazine groups is 1. The number of carbonyl (C=O) groups is 1. The quantitative estimate of drug-likeness (QED) is 0.489. The summed E-state index contributed by atoms with van der Waals surface area (Å²) in [6, 6.07) is 9.66. The van der Waals surface area contributed by atoms with E-state index in [1.807, 2.05) is 30.3 Å². The van der Waals surface area contributed by atoms with Crippen LogP contribution in [-0.2, 0) is 11.3 Å². The Morgan fingerprint density at radius 2 is 2.20 bits per heavy atom. The third kappa shape index (κ3) is 2.84. The predicted molar refractivity (Wildman–Crippen MR) is 73.2 cm³/mol. The first-order valence-corrected chi connectivity index (χ1v) is 6.16. The van der Waals surface area contributed by atoms with Gasteiger partial charge in [-0.1, -0.05) is 24.3 Å². The lowest BCUT2D eigenvalue weighted by Gasteiger charge is -2.11. The van der Waals surface area contributed by atoms with Crippen LogP contribution in [0.1, 0.15) is 29.8 Å². The molecule has 1 aromatic heterocycles. The molecule has 0 radical (unpaired) electrons. The Hall–Kier alpha value is -2.65. The fourth-order valence-corrected chi connectivity index (χ4v) is 1.93. The van der Waals surface area contributed by atoms with Crippen LogP contribution in [0.2, 0.25) is 0 Å². The lowest BCUT2D eigenvalue weighted by molar-refractivity contribution is -0.122. The topological polar surface area (TPSA) is 96.7 Å². The normalized spacial score (nSPS) is 11.7. The number of amides is 1. The number of imidazole rings is 1. The molecule has 2 aromatic rings. The fourth-order valence-electron chi connectivity index (χ4n) is 1.93. The first-order valence-electron chi connectivity index (χ1n) is 6.16. The van der Waals surface area contributed by atoms with Gasteiger partial charge in [0, 0.05) is 18.9 Å². The molecule has 6 nitrogen and oxygen atoms in total. The van der Waals surface area contributed by atoms with E-state index < -0.39 is 0 Å². The summed E-state index contributed by atoms with van der Waals surface area (Å²) >= 11 is 0. The molecule has 1 atom stereocenters. The molecule has 0 bridgehead atoms. The highest BCUT2D eigenvalue weighted by Crippen LogP contribution is 2.16. The Balaban J connectivity index is 2.13. The molecule has 0 saturated carbocycles. The Morgan fingerprint density at radius 1 is 1.50 bits per heavy atom. The molecule has 0 aliphatic heterocycles. The van der Waals surface area contributed by atoms with Gasteiger partial charge in [0.1, 0.15) is 6.07 Å². The van der Waals surface area contributed by atoms with Crippen molar-refractivity contribution < 1.29 is 4.79 Å². The van der Waals surface area contributed by atoms with Crippen molar-refractivity contribution in [3.05, 3.63) is 53.6 Å². The minimum atomic E-state index is -0.294. The van der Waals surface area contributed by atoms with Gasteiger partial charge < -0.3 is 4.57 Å². The summed E-state index contributed by atoms with van der Waals surface area (Å²) in [5, 5.41) is 8.90. The molecule has 1 unspecified atom stereocenters. The number of nitrogens with two attached hydrogens (primary N) is 1. The summed E-state index contributed by atoms with van der Waals surface area (Å²) in [6.07, 6.45) is 3.36. The average Bonchev–Trinajstić information content (AvgIpc) is 2.93. The van der Waals surface area contributed by atoms with Crippen LogP contribution in [0.15, 0.2) is 36.7 Å². The van der Waals surface area contributed by atoms with Gasteiger partial charge in [0.05, 0.1) is 5.92 Å². The second kappa shape index (κ2) is 5.99. The van der Waals surface area contributed by atoms with E-state index in [9.17, 15) is 4.79 Å². The molecule has 20 heavy (non-hydrogen) atoms. The number of hydrogen-bond acceptors (Lipinski definition) is 4. The smallest absolute Gasteiger partial charge is 0.241 e. The van der Waals surface area contributed by atoms with E-state index >= 15 is 0 Å². The number of aromatic nitrogens is 2. The summed E-state index contributed by atoms with van der Waals surface area (Å²) in [4.78, 5) is 15.4. The zero-order valence-corrected chi connectivity index (χ0v) is 11.1. The van der Waals surface area contributed by atoms with Crippen LogP contribution in [0.25, 0.3) is 0 Å². The zero-order valence-electron chi connectivity index (χ0n) is 11.1. The maximum Gasteiger partial charge on any atom is 0.241 e. The highest BCUT2D eigenvalue weighted by atomic mass is 16.2. The number of nitrogens with one attached hydrogen (secondary N) is 1. The van der Waals surface area contributed by atoms with Gasteiger partial charge in [-0.15, -0.1) is 0 Å². The monoisotopic (exact) mass is 269 g/mol. The Bertz CT molecular complexity index is 638. The molecular formula is C14H15N5O. The maximum absolute atomic E-state index is 11.5. The van der Waals surface area contributed by atoms with Crippen molar-refractivity contribution in [1.82, 2.24) is 15.0 Å². The summed E-state index contributed by atoms with van der Waals surface area (Å²) in [6.45, 7) is 2.36. The molecule has 0 aliphatic rings. The van der Waals surface area contributed by atoms with Crippen molar-refractivity contribution in [2.24, 2.45) is 5.84 Å². The van der Waals surface area contributed by atoms with E-state index in [4.69, 9.17) is 11.1 Å². The molecule has 1 heterocycles. The van der Waals surface area contributed by atoms with E-state index in [-0.39, 0.29) is 11.8 Å². The summed E-state index contributed by atoms with van der Waals surface area (Å²) in [7, 11) is 0. The molecule has 0 aliphatic carbocycles. The third-order valence-corrected chi connectivity index (χ3v) is 3.18. The van der Waals surface area contributed by atoms with Crippen molar-refractivity contribution in [2.45, 2.75) is 19.4 Å². The number of nitriles is 1. The van der Waals surface area contributed by atoms with Crippen LogP contribution < -0.4 is 11.3 Å². The highest BCUT2D eigenvalue weighted by Gasteiger charge is 2.13. The van der Waals surface area contributed by atoms with Crippen LogP contribution in [0.4, 0.5) is 0 Å². The van der Waals surface area contributed by atoms with Gasteiger partial charge in [-0.25, -0.2) is 10.8 Å². The van der Waals surface area contributed by atoms with Crippen molar-refractivity contribution in [1.29, 1.82) is 5.26 Å². The summed E-state index contributed by atoms with van der Waals surface area (Å²) in [5.74, 6) is 4.98. The molecular weight excluding hydrogens is 254 g/mol. The first-order chi connectivity index (χ1) is 9.65. The van der Waals surface area contributed by atoms with Gasteiger partial charge in [-0.3, -0.25) is 10.2 Å². The number of nitrogens with zero attached hydrogens (tertiary/aromatic N) is 3. The van der Waals surface area contributed by atoms with Crippen LogP contribution >= 0.6 is 0 Å². The van der Waals surface area contributed by atoms with E-state index in [1.54, 1.807) is 23.9 Å². The van der Waals surface area contributed by atoms with Gasteiger partial charge >= 0.3 is 0 Å². The van der Waals surface area contributed by atoms with Gasteiger partial charge in [-0.05, 0) is 18.1 Å². The number of carbonyl (C=O) groups excluding carboxylic acids is 1. The van der Waals surface area contributed by atoms with E-state index in [1.165, 1.54) is 0 Å². The molecule has 6 heteroatoms. The third-order valence-electron chi connectivity index (χ3n) is 3.18. The second-order valence-electron chi connectivity index (χ2n) is 4.46. The summed E-state index contributed by atoms with van der Waals surface area (Å²) < 4.78 is 1.77. The van der Waals surface area contributed by atoms with E-state index in [2.05, 4.69) is 10.4 Å². The minimum absolute atomic E-state index is 0.223. The van der Waals surface area contributed by atoms with Crippen LogP contribution in [0.5, 0.6) is 0 Å². The highest BCUT2D eigenvalue weighted by molar-refractivity contribution is 5.82. The van der Waals surface area contributed by atoms with E-state index in [0.717, 1.165) is 11.1 Å². The average molecular weight is 269 g/mol.